The third-order valence-corrected chi connectivity index (χ3v) is 3.32. The molecule has 0 spiro atoms. The molecule has 1 aromatic heterocycles. The molecule has 1 aromatic rings. The smallest absolute Gasteiger partial charge is 0.219 e. The van der Waals surface area contributed by atoms with Gasteiger partial charge in [-0.3, -0.25) is 9.48 Å². The number of carbonyl (C=O) groups is 1. The Morgan fingerprint density at radius 2 is 2.24 bits per heavy atom. The lowest BCUT2D eigenvalue weighted by atomic mass is 10.1. The van der Waals surface area contributed by atoms with Crippen LogP contribution in [0.15, 0.2) is 6.20 Å². The lowest BCUT2D eigenvalue weighted by molar-refractivity contribution is -0.129. The van der Waals surface area contributed by atoms with Crippen LogP contribution in [0.25, 0.3) is 0 Å². The van der Waals surface area contributed by atoms with Gasteiger partial charge in [0.2, 0.25) is 5.91 Å². The molecule has 0 atom stereocenters. The van der Waals surface area contributed by atoms with E-state index in [-0.39, 0.29) is 5.91 Å². The summed E-state index contributed by atoms with van der Waals surface area (Å²) < 4.78 is 1.78. The Hall–Kier alpha value is -1.43. The van der Waals surface area contributed by atoms with Crippen molar-refractivity contribution in [2.24, 2.45) is 7.05 Å². The molecule has 1 saturated heterocycles. The fourth-order valence-electron chi connectivity index (χ4n) is 2.12. The second kappa shape index (κ2) is 5.27. The zero-order valence-corrected chi connectivity index (χ0v) is 10.4. The van der Waals surface area contributed by atoms with E-state index in [2.05, 4.69) is 15.6 Å². The maximum Gasteiger partial charge on any atom is 0.219 e. The van der Waals surface area contributed by atoms with Crippen molar-refractivity contribution in [1.29, 1.82) is 0 Å². The molecule has 0 bridgehead atoms. The van der Waals surface area contributed by atoms with E-state index < -0.39 is 0 Å². The first-order chi connectivity index (χ1) is 8.16. The molecule has 1 N–H and O–H groups in total. The van der Waals surface area contributed by atoms with Crippen LogP contribution in [0.4, 0.5) is 0 Å². The van der Waals surface area contributed by atoms with E-state index in [1.807, 2.05) is 11.9 Å². The average molecular weight is 237 g/mol. The van der Waals surface area contributed by atoms with Crippen molar-refractivity contribution in [1.82, 2.24) is 25.2 Å². The van der Waals surface area contributed by atoms with Crippen molar-refractivity contribution in [3.63, 3.8) is 0 Å². The van der Waals surface area contributed by atoms with Gasteiger partial charge in [-0.2, -0.15) is 0 Å². The highest BCUT2D eigenvalue weighted by Gasteiger charge is 2.20. The van der Waals surface area contributed by atoms with Crippen molar-refractivity contribution < 1.29 is 4.79 Å². The maximum atomic E-state index is 11.2. The van der Waals surface area contributed by atoms with E-state index in [4.69, 9.17) is 0 Å². The van der Waals surface area contributed by atoms with Crippen molar-refractivity contribution in [3.05, 3.63) is 11.9 Å². The first-order valence-corrected chi connectivity index (χ1v) is 5.99. The molecule has 0 radical (unpaired) electrons. The molecule has 94 valence electrons. The lowest BCUT2D eigenvalue weighted by Gasteiger charge is -2.31. The van der Waals surface area contributed by atoms with Gasteiger partial charge in [0.1, 0.15) is 0 Å². The zero-order valence-electron chi connectivity index (χ0n) is 10.4. The summed E-state index contributed by atoms with van der Waals surface area (Å²) in [7, 11) is 1.89. The van der Waals surface area contributed by atoms with Gasteiger partial charge in [0.05, 0.1) is 11.9 Å². The zero-order chi connectivity index (χ0) is 12.3. The minimum absolute atomic E-state index is 0.180. The van der Waals surface area contributed by atoms with Crippen molar-refractivity contribution in [2.75, 3.05) is 13.1 Å². The summed E-state index contributed by atoms with van der Waals surface area (Å²) in [4.78, 5) is 13.1. The van der Waals surface area contributed by atoms with E-state index in [0.29, 0.717) is 6.04 Å². The van der Waals surface area contributed by atoms with Gasteiger partial charge in [-0.05, 0) is 12.8 Å². The molecule has 2 rings (SSSR count). The summed E-state index contributed by atoms with van der Waals surface area (Å²) in [6.07, 6.45) is 3.81. The molecule has 1 amide bonds. The number of hydrogen-bond donors (Lipinski definition) is 1. The molecule has 0 aromatic carbocycles. The molecule has 6 heteroatoms. The van der Waals surface area contributed by atoms with Crippen LogP contribution in [-0.4, -0.2) is 44.9 Å². The second-order valence-electron chi connectivity index (χ2n) is 4.51. The van der Waals surface area contributed by atoms with Gasteiger partial charge in [0, 0.05) is 39.6 Å². The monoisotopic (exact) mass is 237 g/mol. The van der Waals surface area contributed by atoms with Gasteiger partial charge in [-0.25, -0.2) is 0 Å². The highest BCUT2D eigenvalue weighted by atomic mass is 16.2. The number of hydrogen-bond acceptors (Lipinski definition) is 4. The summed E-state index contributed by atoms with van der Waals surface area (Å²) in [6.45, 7) is 4.14. The van der Waals surface area contributed by atoms with E-state index in [1.165, 1.54) is 0 Å². The Bertz CT molecular complexity index is 381. The molecule has 1 fully saturated rings. The maximum absolute atomic E-state index is 11.2. The Morgan fingerprint density at radius 3 is 2.76 bits per heavy atom. The van der Waals surface area contributed by atoms with Crippen molar-refractivity contribution in [2.45, 2.75) is 32.4 Å². The Kier molecular flexibility index (Phi) is 3.73. The lowest BCUT2D eigenvalue weighted by Crippen LogP contribution is -2.44. The molecular weight excluding hydrogens is 218 g/mol. The predicted molar refractivity (Wildman–Crippen MR) is 63.1 cm³/mol. The van der Waals surface area contributed by atoms with Crippen LogP contribution in [0.5, 0.6) is 0 Å². The number of nitrogens with one attached hydrogen (secondary N) is 1. The van der Waals surface area contributed by atoms with E-state index >= 15 is 0 Å². The highest BCUT2D eigenvalue weighted by Crippen LogP contribution is 2.10. The van der Waals surface area contributed by atoms with Gasteiger partial charge in [-0.15, -0.1) is 5.10 Å². The van der Waals surface area contributed by atoms with Crippen LogP contribution < -0.4 is 5.32 Å². The van der Waals surface area contributed by atoms with Crippen LogP contribution in [0.1, 0.15) is 25.5 Å². The Balaban J connectivity index is 1.75. The molecule has 6 nitrogen and oxygen atoms in total. The number of amides is 1. The van der Waals surface area contributed by atoms with Crippen LogP contribution >= 0.6 is 0 Å². The number of carbonyl (C=O) groups excluding carboxylic acids is 1. The molecule has 17 heavy (non-hydrogen) atoms. The van der Waals surface area contributed by atoms with Crippen LogP contribution in [0, 0.1) is 0 Å². The van der Waals surface area contributed by atoms with Gasteiger partial charge in [0.15, 0.2) is 0 Å². The van der Waals surface area contributed by atoms with Crippen LogP contribution in [0.3, 0.4) is 0 Å². The van der Waals surface area contributed by atoms with Crippen molar-refractivity contribution >= 4 is 5.91 Å². The number of likely N-dealkylation sites (tertiary alicyclic amines) is 1. The van der Waals surface area contributed by atoms with Gasteiger partial charge in [0.25, 0.3) is 0 Å². The summed E-state index contributed by atoms with van der Waals surface area (Å²) in [5.74, 6) is 0.180. The third kappa shape index (κ3) is 3.03. The standard InChI is InChI=1S/C11H19N5O/c1-9(17)16-5-3-10(4-6-16)12-7-11-8-13-14-15(11)2/h8,10,12H,3-7H2,1-2H3. The molecule has 0 unspecified atom stereocenters. The Morgan fingerprint density at radius 1 is 1.53 bits per heavy atom. The summed E-state index contributed by atoms with van der Waals surface area (Å²) in [6, 6.07) is 0.487. The summed E-state index contributed by atoms with van der Waals surface area (Å²) in [5.41, 5.74) is 1.08. The third-order valence-electron chi connectivity index (χ3n) is 3.32. The first-order valence-electron chi connectivity index (χ1n) is 5.99. The van der Waals surface area contributed by atoms with Crippen LogP contribution in [-0.2, 0) is 18.4 Å². The van der Waals surface area contributed by atoms with Crippen LogP contribution in [0.2, 0.25) is 0 Å². The Labute approximate surface area is 101 Å². The number of rotatable bonds is 3. The average Bonchev–Trinajstić information content (AvgIpc) is 2.73. The molecule has 1 aliphatic heterocycles. The minimum Gasteiger partial charge on any atom is -0.343 e. The van der Waals surface area contributed by atoms with Crippen molar-refractivity contribution in [3.8, 4) is 0 Å². The number of aryl methyl sites for hydroxylation is 1. The normalized spacial score (nSPS) is 17.4. The molecule has 0 saturated carbocycles. The minimum atomic E-state index is 0.180. The SMILES string of the molecule is CC(=O)N1CCC(NCc2cnnn2C)CC1. The van der Waals surface area contributed by atoms with E-state index in [1.54, 1.807) is 17.8 Å². The fourth-order valence-corrected chi connectivity index (χ4v) is 2.12. The second-order valence-corrected chi connectivity index (χ2v) is 4.51. The molecule has 0 aliphatic carbocycles. The summed E-state index contributed by atoms with van der Waals surface area (Å²) in [5, 5.41) is 11.2. The predicted octanol–water partition coefficient (Wildman–Crippen LogP) is -0.0844. The number of aromatic nitrogens is 3. The van der Waals surface area contributed by atoms with Gasteiger partial charge >= 0.3 is 0 Å². The number of piperidine rings is 1. The molecular formula is C11H19N5O. The highest BCUT2D eigenvalue weighted by molar-refractivity contribution is 5.73. The topological polar surface area (TPSA) is 63.1 Å². The summed E-state index contributed by atoms with van der Waals surface area (Å²) >= 11 is 0. The van der Waals surface area contributed by atoms with E-state index in [0.717, 1.165) is 38.2 Å². The largest absolute Gasteiger partial charge is 0.343 e. The van der Waals surface area contributed by atoms with E-state index in [9.17, 15) is 4.79 Å². The number of nitrogens with zero attached hydrogens (tertiary/aromatic N) is 4. The fraction of sp³-hybridized carbons (Fsp3) is 0.727. The van der Waals surface area contributed by atoms with Gasteiger partial charge < -0.3 is 10.2 Å². The first kappa shape index (κ1) is 12.0. The quantitative estimate of drug-likeness (QED) is 0.798. The van der Waals surface area contributed by atoms with Gasteiger partial charge in [-0.1, -0.05) is 5.21 Å². The molecule has 1 aliphatic rings. The molecule has 2 heterocycles.